The Labute approximate surface area is 137 Å². The third-order valence-electron chi connectivity index (χ3n) is 3.75. The molecular formula is C17H26N2O2S. The minimum Gasteiger partial charge on any atom is -0.378 e. The molecule has 0 aromatic heterocycles. The van der Waals surface area contributed by atoms with Gasteiger partial charge in [0.2, 0.25) is 0 Å². The summed E-state index contributed by atoms with van der Waals surface area (Å²) in [7, 11) is 0. The molecule has 2 rings (SSSR count). The number of carbonyl (C=O) groups excluding carboxylic acids is 1. The van der Waals surface area contributed by atoms with Gasteiger partial charge in [-0.3, -0.25) is 0 Å². The van der Waals surface area contributed by atoms with Gasteiger partial charge in [-0.05, 0) is 31.9 Å². The van der Waals surface area contributed by atoms with Gasteiger partial charge in [-0.2, -0.15) is 0 Å². The SMILES string of the molecule is CCOC1CCN(C(=O)NC[C@H](C)Sc2ccccc2)CC1. The van der Waals surface area contributed by atoms with Crippen LogP contribution in [0.4, 0.5) is 4.79 Å². The van der Waals surface area contributed by atoms with Crippen molar-refractivity contribution in [1.29, 1.82) is 0 Å². The maximum absolute atomic E-state index is 12.2. The quantitative estimate of drug-likeness (QED) is 0.816. The van der Waals surface area contributed by atoms with Crippen molar-refractivity contribution in [3.05, 3.63) is 30.3 Å². The van der Waals surface area contributed by atoms with Crippen molar-refractivity contribution in [1.82, 2.24) is 10.2 Å². The number of hydrogen-bond donors (Lipinski definition) is 1. The van der Waals surface area contributed by atoms with E-state index in [4.69, 9.17) is 4.74 Å². The second kappa shape index (κ2) is 9.06. The fraction of sp³-hybridized carbons (Fsp3) is 0.588. The van der Waals surface area contributed by atoms with Crippen LogP contribution in [0, 0.1) is 0 Å². The summed E-state index contributed by atoms with van der Waals surface area (Å²) in [6.45, 7) is 7.17. The summed E-state index contributed by atoms with van der Waals surface area (Å²) < 4.78 is 5.61. The molecule has 1 aliphatic heterocycles. The predicted molar refractivity (Wildman–Crippen MR) is 91.4 cm³/mol. The van der Waals surface area contributed by atoms with Crippen LogP contribution in [0.25, 0.3) is 0 Å². The first-order chi connectivity index (χ1) is 10.7. The van der Waals surface area contributed by atoms with Gasteiger partial charge in [0.15, 0.2) is 0 Å². The third kappa shape index (κ3) is 5.54. The molecule has 0 bridgehead atoms. The Morgan fingerprint density at radius 1 is 1.36 bits per heavy atom. The van der Waals surface area contributed by atoms with E-state index in [-0.39, 0.29) is 6.03 Å². The molecule has 2 amide bonds. The van der Waals surface area contributed by atoms with Crippen molar-refractivity contribution in [2.75, 3.05) is 26.2 Å². The zero-order valence-electron chi connectivity index (χ0n) is 13.5. The zero-order valence-corrected chi connectivity index (χ0v) is 14.3. The normalized spacial score (nSPS) is 17.3. The summed E-state index contributed by atoms with van der Waals surface area (Å²) in [5.74, 6) is 0. The van der Waals surface area contributed by atoms with Crippen LogP contribution in [0.5, 0.6) is 0 Å². The van der Waals surface area contributed by atoms with E-state index < -0.39 is 0 Å². The van der Waals surface area contributed by atoms with Crippen LogP contribution in [0.3, 0.4) is 0 Å². The molecule has 22 heavy (non-hydrogen) atoms. The summed E-state index contributed by atoms with van der Waals surface area (Å²) in [4.78, 5) is 15.3. The molecule has 1 aromatic carbocycles. The molecule has 1 aliphatic rings. The first kappa shape index (κ1) is 17.2. The zero-order chi connectivity index (χ0) is 15.8. The van der Waals surface area contributed by atoms with Crippen LogP contribution in [0.1, 0.15) is 26.7 Å². The van der Waals surface area contributed by atoms with E-state index in [0.717, 1.165) is 32.5 Å². The van der Waals surface area contributed by atoms with E-state index in [1.807, 2.05) is 30.0 Å². The van der Waals surface area contributed by atoms with Gasteiger partial charge in [-0.25, -0.2) is 4.79 Å². The first-order valence-corrected chi connectivity index (χ1v) is 8.93. The summed E-state index contributed by atoms with van der Waals surface area (Å²) in [6, 6.07) is 10.3. The number of likely N-dealkylation sites (tertiary alicyclic amines) is 1. The van der Waals surface area contributed by atoms with Crippen molar-refractivity contribution in [2.45, 2.75) is 42.9 Å². The monoisotopic (exact) mass is 322 g/mol. The van der Waals surface area contributed by atoms with Gasteiger partial charge in [0.05, 0.1) is 6.10 Å². The Bertz CT molecular complexity index is 447. The lowest BCUT2D eigenvalue weighted by molar-refractivity contribution is 0.0220. The maximum atomic E-state index is 12.2. The number of amides is 2. The van der Waals surface area contributed by atoms with E-state index in [9.17, 15) is 4.79 Å². The average Bonchev–Trinajstić information content (AvgIpc) is 2.54. The largest absolute Gasteiger partial charge is 0.378 e. The molecule has 0 saturated carbocycles. The van der Waals surface area contributed by atoms with Crippen molar-refractivity contribution in [3.8, 4) is 0 Å². The number of hydrogen-bond acceptors (Lipinski definition) is 3. The second-order valence-corrected chi connectivity index (χ2v) is 7.08. The lowest BCUT2D eigenvalue weighted by Gasteiger charge is -2.32. The fourth-order valence-electron chi connectivity index (χ4n) is 2.58. The molecule has 0 aliphatic carbocycles. The molecule has 1 aromatic rings. The Balaban J connectivity index is 1.67. The minimum atomic E-state index is 0.0514. The summed E-state index contributed by atoms with van der Waals surface area (Å²) in [5.41, 5.74) is 0. The van der Waals surface area contributed by atoms with Crippen molar-refractivity contribution >= 4 is 17.8 Å². The van der Waals surface area contributed by atoms with Crippen molar-refractivity contribution in [3.63, 3.8) is 0 Å². The number of nitrogens with zero attached hydrogens (tertiary/aromatic N) is 1. The summed E-state index contributed by atoms with van der Waals surface area (Å²) in [6.07, 6.45) is 2.20. The van der Waals surface area contributed by atoms with E-state index in [2.05, 4.69) is 24.4 Å². The molecular weight excluding hydrogens is 296 g/mol. The standard InChI is InChI=1S/C17H26N2O2S/c1-3-21-15-9-11-19(12-10-15)17(20)18-13-14(2)22-16-7-5-4-6-8-16/h4-8,14-15H,3,9-13H2,1-2H3,(H,18,20)/t14-/m0/s1. The van der Waals surface area contributed by atoms with Gasteiger partial charge in [-0.15, -0.1) is 11.8 Å². The van der Waals surface area contributed by atoms with Crippen LogP contribution in [0.2, 0.25) is 0 Å². The van der Waals surface area contributed by atoms with Crippen LogP contribution in [-0.4, -0.2) is 48.5 Å². The molecule has 4 nitrogen and oxygen atoms in total. The molecule has 0 radical (unpaired) electrons. The lowest BCUT2D eigenvalue weighted by atomic mass is 10.1. The molecule has 1 atom stereocenters. The molecule has 1 N–H and O–H groups in total. The van der Waals surface area contributed by atoms with E-state index >= 15 is 0 Å². The predicted octanol–water partition coefficient (Wildman–Crippen LogP) is 3.38. The highest BCUT2D eigenvalue weighted by Gasteiger charge is 2.22. The number of urea groups is 1. The molecule has 122 valence electrons. The Kier molecular flexibility index (Phi) is 7.06. The summed E-state index contributed by atoms with van der Waals surface area (Å²) >= 11 is 1.79. The molecule has 5 heteroatoms. The van der Waals surface area contributed by atoms with Gasteiger partial charge in [0, 0.05) is 36.4 Å². The van der Waals surface area contributed by atoms with E-state index in [0.29, 0.717) is 17.9 Å². The summed E-state index contributed by atoms with van der Waals surface area (Å²) in [5, 5.41) is 3.40. The highest BCUT2D eigenvalue weighted by atomic mass is 32.2. The number of thioether (sulfide) groups is 1. The number of rotatable bonds is 6. The topological polar surface area (TPSA) is 41.6 Å². The molecule has 0 unspecified atom stereocenters. The highest BCUT2D eigenvalue weighted by molar-refractivity contribution is 8.00. The second-order valence-electron chi connectivity index (χ2n) is 5.57. The van der Waals surface area contributed by atoms with Crippen LogP contribution < -0.4 is 5.32 Å². The first-order valence-electron chi connectivity index (χ1n) is 8.05. The lowest BCUT2D eigenvalue weighted by Crippen LogP contribution is -2.47. The van der Waals surface area contributed by atoms with Gasteiger partial charge >= 0.3 is 6.03 Å². The van der Waals surface area contributed by atoms with Gasteiger partial charge in [-0.1, -0.05) is 25.1 Å². The molecule has 1 fully saturated rings. The van der Waals surface area contributed by atoms with Crippen LogP contribution in [0.15, 0.2) is 35.2 Å². The van der Waals surface area contributed by atoms with Crippen molar-refractivity contribution in [2.24, 2.45) is 0 Å². The van der Waals surface area contributed by atoms with E-state index in [1.54, 1.807) is 11.8 Å². The number of nitrogens with one attached hydrogen (secondary N) is 1. The van der Waals surface area contributed by atoms with Crippen LogP contribution >= 0.6 is 11.8 Å². The Morgan fingerprint density at radius 3 is 2.68 bits per heavy atom. The number of ether oxygens (including phenoxy) is 1. The van der Waals surface area contributed by atoms with E-state index in [1.165, 1.54) is 4.90 Å². The average molecular weight is 322 g/mol. The third-order valence-corrected chi connectivity index (χ3v) is 4.87. The van der Waals surface area contributed by atoms with Gasteiger partial charge in [0.25, 0.3) is 0 Å². The van der Waals surface area contributed by atoms with Gasteiger partial charge < -0.3 is 15.0 Å². The molecule has 0 spiro atoms. The molecule has 1 heterocycles. The number of carbonyl (C=O) groups is 1. The highest BCUT2D eigenvalue weighted by Crippen LogP contribution is 2.22. The van der Waals surface area contributed by atoms with Crippen molar-refractivity contribution < 1.29 is 9.53 Å². The number of piperidine rings is 1. The van der Waals surface area contributed by atoms with Gasteiger partial charge in [0.1, 0.15) is 0 Å². The Morgan fingerprint density at radius 2 is 2.05 bits per heavy atom. The fourth-order valence-corrected chi connectivity index (χ4v) is 3.52. The number of benzene rings is 1. The maximum Gasteiger partial charge on any atom is 0.317 e. The Hall–Kier alpha value is -1.20. The minimum absolute atomic E-state index is 0.0514. The van der Waals surface area contributed by atoms with Crippen LogP contribution in [-0.2, 0) is 4.74 Å². The smallest absolute Gasteiger partial charge is 0.317 e. The molecule has 1 saturated heterocycles.